The normalized spacial score (nSPS) is 11.0. The van der Waals surface area contributed by atoms with Gasteiger partial charge in [-0.2, -0.15) is 0 Å². The molecule has 0 spiro atoms. The molecule has 0 aliphatic rings. The predicted octanol–water partition coefficient (Wildman–Crippen LogP) is 3.53. The maximum atomic E-state index is 11.3. The molecule has 4 heterocycles. The summed E-state index contributed by atoms with van der Waals surface area (Å²) in [6.07, 6.45) is 7.18. The largest absolute Gasteiger partial charge is 0.462 e. The molecule has 0 radical (unpaired) electrons. The van der Waals surface area contributed by atoms with Crippen LogP contribution in [0.2, 0.25) is 0 Å². The van der Waals surface area contributed by atoms with Gasteiger partial charge in [-0.3, -0.25) is 4.79 Å². The van der Waals surface area contributed by atoms with E-state index in [2.05, 4.69) is 19.9 Å². The van der Waals surface area contributed by atoms with Gasteiger partial charge >= 0.3 is 0 Å². The van der Waals surface area contributed by atoms with Crippen LogP contribution < -0.4 is 0 Å². The molecule has 6 nitrogen and oxygen atoms in total. The number of carbonyl (C=O) groups is 1. The zero-order chi connectivity index (χ0) is 15.8. The number of hydrogen-bond donors (Lipinski definition) is 0. The number of carbonyl (C=O) groups excluding carboxylic acids is 1. The van der Waals surface area contributed by atoms with Gasteiger partial charge in [-0.25, -0.2) is 19.9 Å². The van der Waals surface area contributed by atoms with Crippen molar-refractivity contribution in [2.45, 2.75) is 6.92 Å². The molecule has 0 saturated heterocycles. The molecule has 7 heteroatoms. The van der Waals surface area contributed by atoms with Gasteiger partial charge in [-0.05, 0) is 19.1 Å². The van der Waals surface area contributed by atoms with Crippen molar-refractivity contribution in [3.63, 3.8) is 0 Å². The fourth-order valence-corrected chi connectivity index (χ4v) is 3.37. The first-order valence-corrected chi connectivity index (χ1v) is 7.64. The Kier molecular flexibility index (Phi) is 3.20. The number of rotatable bonds is 3. The quantitative estimate of drug-likeness (QED) is 0.537. The Balaban J connectivity index is 1.88. The second-order valence-corrected chi connectivity index (χ2v) is 5.91. The van der Waals surface area contributed by atoms with E-state index in [0.717, 1.165) is 26.5 Å². The molecular formula is C16H10N4O2S. The minimum Gasteiger partial charge on any atom is -0.462 e. The summed E-state index contributed by atoms with van der Waals surface area (Å²) < 4.78 is 5.31. The summed E-state index contributed by atoms with van der Waals surface area (Å²) in [5.74, 6) is 0. The van der Waals surface area contributed by atoms with Crippen molar-refractivity contribution in [3.8, 4) is 21.1 Å². The van der Waals surface area contributed by atoms with Gasteiger partial charge in [0.15, 0.2) is 11.9 Å². The van der Waals surface area contributed by atoms with Crippen LogP contribution in [0.3, 0.4) is 0 Å². The van der Waals surface area contributed by atoms with E-state index in [1.165, 1.54) is 17.7 Å². The number of fused-ring (bicyclic) bond motifs is 1. The molecule has 112 valence electrons. The molecule has 0 aliphatic carbocycles. The van der Waals surface area contributed by atoms with Crippen LogP contribution in [0.4, 0.5) is 0 Å². The van der Waals surface area contributed by atoms with Gasteiger partial charge in [0, 0.05) is 23.3 Å². The van der Waals surface area contributed by atoms with Crippen molar-refractivity contribution in [2.75, 3.05) is 0 Å². The van der Waals surface area contributed by atoms with Crippen LogP contribution in [0.25, 0.3) is 32.1 Å². The summed E-state index contributed by atoms with van der Waals surface area (Å²) in [6, 6.07) is 3.72. The van der Waals surface area contributed by atoms with E-state index in [-0.39, 0.29) is 0 Å². The molecular weight excluding hydrogens is 312 g/mol. The number of furan rings is 1. The Morgan fingerprint density at radius 2 is 2.04 bits per heavy atom. The number of pyridine rings is 1. The highest BCUT2D eigenvalue weighted by Crippen LogP contribution is 2.35. The molecule has 4 aromatic rings. The summed E-state index contributed by atoms with van der Waals surface area (Å²) in [4.78, 5) is 29.2. The Morgan fingerprint density at radius 1 is 1.22 bits per heavy atom. The smallest absolute Gasteiger partial charge is 0.172 e. The first-order valence-electron chi connectivity index (χ1n) is 6.83. The average Bonchev–Trinajstić information content (AvgIpc) is 3.21. The van der Waals surface area contributed by atoms with Crippen molar-refractivity contribution in [3.05, 3.63) is 48.5 Å². The SMILES string of the molecule is Cc1nc(-c2cncnc2)sc1-c1cc2ccoc2c(C=O)n1. The fraction of sp³-hybridized carbons (Fsp3) is 0.0625. The lowest BCUT2D eigenvalue weighted by Gasteiger charge is -2.00. The van der Waals surface area contributed by atoms with Crippen LogP contribution >= 0.6 is 11.3 Å². The Labute approximate surface area is 134 Å². The van der Waals surface area contributed by atoms with Crippen LogP contribution in [-0.4, -0.2) is 26.2 Å². The first-order chi connectivity index (χ1) is 11.3. The molecule has 0 atom stereocenters. The highest BCUT2D eigenvalue weighted by atomic mass is 32.1. The van der Waals surface area contributed by atoms with Gasteiger partial charge in [0.05, 0.1) is 22.5 Å². The number of aromatic nitrogens is 4. The maximum absolute atomic E-state index is 11.3. The third kappa shape index (κ3) is 2.31. The van der Waals surface area contributed by atoms with E-state index in [4.69, 9.17) is 4.42 Å². The monoisotopic (exact) mass is 322 g/mol. The molecule has 0 saturated carbocycles. The van der Waals surface area contributed by atoms with Crippen LogP contribution in [0, 0.1) is 6.92 Å². The van der Waals surface area contributed by atoms with E-state index in [9.17, 15) is 4.79 Å². The Hall–Kier alpha value is -2.93. The van der Waals surface area contributed by atoms with Crippen molar-refractivity contribution in [2.24, 2.45) is 0 Å². The van der Waals surface area contributed by atoms with E-state index < -0.39 is 0 Å². The Morgan fingerprint density at radius 3 is 2.83 bits per heavy atom. The summed E-state index contributed by atoms with van der Waals surface area (Å²) >= 11 is 1.50. The lowest BCUT2D eigenvalue weighted by Crippen LogP contribution is -1.91. The highest BCUT2D eigenvalue weighted by molar-refractivity contribution is 7.18. The van der Waals surface area contributed by atoms with Crippen molar-refractivity contribution < 1.29 is 9.21 Å². The Bertz CT molecular complexity index is 1010. The van der Waals surface area contributed by atoms with Gasteiger partial charge in [0.25, 0.3) is 0 Å². The summed E-state index contributed by atoms with van der Waals surface area (Å²) in [7, 11) is 0. The number of nitrogens with zero attached hydrogens (tertiary/aromatic N) is 4. The number of aryl methyl sites for hydroxylation is 1. The molecule has 0 fully saturated rings. The van der Waals surface area contributed by atoms with E-state index in [1.54, 1.807) is 18.7 Å². The molecule has 23 heavy (non-hydrogen) atoms. The van der Waals surface area contributed by atoms with Crippen LogP contribution in [0.1, 0.15) is 16.2 Å². The second kappa shape index (κ2) is 5.36. The third-order valence-electron chi connectivity index (χ3n) is 3.41. The summed E-state index contributed by atoms with van der Waals surface area (Å²) in [6.45, 7) is 1.92. The maximum Gasteiger partial charge on any atom is 0.172 e. The van der Waals surface area contributed by atoms with Gasteiger partial charge in [-0.15, -0.1) is 11.3 Å². The molecule has 0 unspecified atom stereocenters. The number of aldehydes is 1. The topological polar surface area (TPSA) is 81.8 Å². The van der Waals surface area contributed by atoms with E-state index in [0.29, 0.717) is 23.3 Å². The third-order valence-corrected chi connectivity index (χ3v) is 4.64. The van der Waals surface area contributed by atoms with Gasteiger partial charge in [0.2, 0.25) is 0 Å². The van der Waals surface area contributed by atoms with Gasteiger partial charge in [-0.1, -0.05) is 0 Å². The molecule has 4 rings (SSSR count). The minimum absolute atomic E-state index is 0.292. The number of hydrogen-bond acceptors (Lipinski definition) is 7. The molecule has 0 amide bonds. The molecule has 0 N–H and O–H groups in total. The second-order valence-electron chi connectivity index (χ2n) is 4.91. The van der Waals surface area contributed by atoms with Crippen molar-refractivity contribution in [1.29, 1.82) is 0 Å². The van der Waals surface area contributed by atoms with E-state index in [1.807, 2.05) is 19.1 Å². The summed E-state index contributed by atoms with van der Waals surface area (Å²) in [5, 5.41) is 1.66. The zero-order valence-electron chi connectivity index (χ0n) is 12.1. The summed E-state index contributed by atoms with van der Waals surface area (Å²) in [5.41, 5.74) is 3.20. The first kappa shape index (κ1) is 13.7. The van der Waals surface area contributed by atoms with Gasteiger partial charge < -0.3 is 4.42 Å². The van der Waals surface area contributed by atoms with Crippen molar-refractivity contribution >= 4 is 28.6 Å². The highest BCUT2D eigenvalue weighted by Gasteiger charge is 2.16. The van der Waals surface area contributed by atoms with Crippen LogP contribution in [-0.2, 0) is 0 Å². The molecule has 0 aliphatic heterocycles. The average molecular weight is 322 g/mol. The molecule has 4 aromatic heterocycles. The standard InChI is InChI=1S/C16H10N4O2S/c1-9-15(23-16(19-9)11-5-17-8-18-6-11)12-4-10-2-3-22-14(10)13(7-21)20-12/h2-8H,1H3. The molecule has 0 aromatic carbocycles. The predicted molar refractivity (Wildman–Crippen MR) is 86.3 cm³/mol. The molecule has 0 bridgehead atoms. The fourth-order valence-electron chi connectivity index (χ4n) is 2.36. The lowest BCUT2D eigenvalue weighted by atomic mass is 10.2. The lowest BCUT2D eigenvalue weighted by molar-refractivity contribution is 0.112. The number of thiazole rings is 1. The minimum atomic E-state index is 0.292. The van der Waals surface area contributed by atoms with E-state index >= 15 is 0 Å². The van der Waals surface area contributed by atoms with Crippen LogP contribution in [0.5, 0.6) is 0 Å². The van der Waals surface area contributed by atoms with Gasteiger partial charge in [0.1, 0.15) is 17.0 Å². The zero-order valence-corrected chi connectivity index (χ0v) is 12.9. The van der Waals surface area contributed by atoms with Crippen LogP contribution in [0.15, 0.2) is 41.5 Å². The van der Waals surface area contributed by atoms with Crippen molar-refractivity contribution in [1.82, 2.24) is 19.9 Å².